The molecule has 1 N–H and O–H groups in total. The zero-order chi connectivity index (χ0) is 13.3. The molecule has 0 amide bonds. The van der Waals surface area contributed by atoms with Gasteiger partial charge in [0.25, 0.3) is 0 Å². The summed E-state index contributed by atoms with van der Waals surface area (Å²) in [6, 6.07) is 0.260. The number of aromatic carboxylic acids is 1. The molecule has 18 heavy (non-hydrogen) atoms. The van der Waals surface area contributed by atoms with Gasteiger partial charge in [0.05, 0.1) is 23.5 Å². The summed E-state index contributed by atoms with van der Waals surface area (Å²) in [4.78, 5) is 11.2. The molecule has 0 radical (unpaired) electrons. The molecule has 2 unspecified atom stereocenters. The first kappa shape index (κ1) is 13.1. The number of rotatable bonds is 3. The molecule has 100 valence electrons. The van der Waals surface area contributed by atoms with E-state index in [1.165, 1.54) is 0 Å². The minimum absolute atomic E-state index is 0.260. The Labute approximate surface area is 107 Å². The quantitative estimate of drug-likeness (QED) is 0.896. The number of nitrogens with zero attached hydrogens (tertiary/aromatic N) is 2. The number of hydrogen-bond donors (Lipinski definition) is 1. The van der Waals surface area contributed by atoms with Crippen LogP contribution in [0.5, 0.6) is 0 Å². The molecule has 1 aromatic heterocycles. The van der Waals surface area contributed by atoms with E-state index in [1.54, 1.807) is 14.0 Å². The Bertz CT molecular complexity index is 453. The second-order valence-corrected chi connectivity index (χ2v) is 4.97. The van der Waals surface area contributed by atoms with Crippen molar-refractivity contribution in [1.82, 2.24) is 9.78 Å². The molecule has 5 heteroatoms. The van der Waals surface area contributed by atoms with Crippen LogP contribution in [-0.2, 0) is 4.74 Å². The zero-order valence-electron chi connectivity index (χ0n) is 11.1. The van der Waals surface area contributed by atoms with E-state index in [0.29, 0.717) is 11.3 Å². The highest BCUT2D eigenvalue weighted by Gasteiger charge is 2.27. The number of methoxy groups -OCH3 is 1. The summed E-state index contributed by atoms with van der Waals surface area (Å²) < 4.78 is 7.29. The van der Waals surface area contributed by atoms with Crippen molar-refractivity contribution in [3.63, 3.8) is 0 Å². The number of carboxylic acids is 1. The molecule has 0 saturated heterocycles. The molecule has 0 aliphatic heterocycles. The number of aryl methyl sites for hydroxylation is 1. The molecule has 1 aliphatic rings. The van der Waals surface area contributed by atoms with Crippen LogP contribution in [0.3, 0.4) is 0 Å². The summed E-state index contributed by atoms with van der Waals surface area (Å²) in [7, 11) is 1.73. The summed E-state index contributed by atoms with van der Waals surface area (Å²) in [5.74, 6) is -0.893. The number of hydrogen-bond acceptors (Lipinski definition) is 3. The van der Waals surface area contributed by atoms with E-state index in [0.717, 1.165) is 31.4 Å². The van der Waals surface area contributed by atoms with Gasteiger partial charge >= 0.3 is 5.97 Å². The molecule has 1 heterocycles. The lowest BCUT2D eigenvalue weighted by atomic mass is 9.93. The number of aromatic nitrogens is 2. The van der Waals surface area contributed by atoms with Crippen molar-refractivity contribution in [3.05, 3.63) is 17.0 Å². The van der Waals surface area contributed by atoms with Crippen LogP contribution in [0, 0.1) is 13.8 Å². The Morgan fingerprint density at radius 1 is 1.44 bits per heavy atom. The van der Waals surface area contributed by atoms with E-state index < -0.39 is 5.97 Å². The van der Waals surface area contributed by atoms with Gasteiger partial charge < -0.3 is 9.84 Å². The first-order valence-corrected chi connectivity index (χ1v) is 6.36. The van der Waals surface area contributed by atoms with Gasteiger partial charge in [-0.3, -0.25) is 4.68 Å². The van der Waals surface area contributed by atoms with E-state index in [9.17, 15) is 9.90 Å². The smallest absolute Gasteiger partial charge is 0.339 e. The molecule has 1 fully saturated rings. The van der Waals surface area contributed by atoms with Crippen molar-refractivity contribution >= 4 is 5.97 Å². The fourth-order valence-corrected chi connectivity index (χ4v) is 2.88. The van der Waals surface area contributed by atoms with Gasteiger partial charge in [-0.05, 0) is 39.5 Å². The SMILES string of the molecule is COC1CCCC(n2nc(C)c(C(=O)O)c2C)C1. The summed E-state index contributed by atoms with van der Waals surface area (Å²) in [5.41, 5.74) is 1.69. The zero-order valence-corrected chi connectivity index (χ0v) is 11.1. The fraction of sp³-hybridized carbons (Fsp3) is 0.692. The molecule has 1 aliphatic carbocycles. The normalized spacial score (nSPS) is 24.2. The average molecular weight is 252 g/mol. The summed E-state index contributed by atoms with van der Waals surface area (Å²) in [5, 5.41) is 13.6. The third kappa shape index (κ3) is 2.27. The van der Waals surface area contributed by atoms with Gasteiger partial charge in [0, 0.05) is 7.11 Å². The highest BCUT2D eigenvalue weighted by Crippen LogP contribution is 2.31. The molecule has 5 nitrogen and oxygen atoms in total. The van der Waals surface area contributed by atoms with Crippen LogP contribution in [0.1, 0.15) is 53.5 Å². The van der Waals surface area contributed by atoms with Crippen molar-refractivity contribution in [2.24, 2.45) is 0 Å². The maximum Gasteiger partial charge on any atom is 0.339 e. The van der Waals surface area contributed by atoms with Crippen molar-refractivity contribution < 1.29 is 14.6 Å². The van der Waals surface area contributed by atoms with Gasteiger partial charge in [-0.1, -0.05) is 0 Å². The van der Waals surface area contributed by atoms with Crippen molar-refractivity contribution in [3.8, 4) is 0 Å². The second-order valence-electron chi connectivity index (χ2n) is 4.97. The molecule has 0 aromatic carbocycles. The Morgan fingerprint density at radius 2 is 2.17 bits per heavy atom. The summed E-state index contributed by atoms with van der Waals surface area (Å²) in [6.07, 6.45) is 4.40. The Kier molecular flexibility index (Phi) is 3.71. The highest BCUT2D eigenvalue weighted by atomic mass is 16.5. The van der Waals surface area contributed by atoms with Crippen LogP contribution >= 0.6 is 0 Å². The van der Waals surface area contributed by atoms with Crippen LogP contribution in [0.4, 0.5) is 0 Å². The van der Waals surface area contributed by atoms with Crippen LogP contribution < -0.4 is 0 Å². The number of carboxylic acid groups (broad SMARTS) is 1. The van der Waals surface area contributed by atoms with E-state index in [-0.39, 0.29) is 12.1 Å². The second kappa shape index (κ2) is 5.10. The van der Waals surface area contributed by atoms with Gasteiger partial charge in [0.2, 0.25) is 0 Å². The number of carbonyl (C=O) groups is 1. The van der Waals surface area contributed by atoms with Gasteiger partial charge in [-0.2, -0.15) is 5.10 Å². The van der Waals surface area contributed by atoms with Crippen molar-refractivity contribution in [1.29, 1.82) is 0 Å². The van der Waals surface area contributed by atoms with Crippen LogP contribution in [-0.4, -0.2) is 34.1 Å². The predicted octanol–water partition coefficient (Wildman–Crippen LogP) is 2.33. The van der Waals surface area contributed by atoms with Gasteiger partial charge in [-0.15, -0.1) is 0 Å². The Balaban J connectivity index is 2.28. The Hall–Kier alpha value is -1.36. The van der Waals surface area contributed by atoms with Crippen LogP contribution in [0.25, 0.3) is 0 Å². The van der Waals surface area contributed by atoms with Gasteiger partial charge in [0.15, 0.2) is 0 Å². The lowest BCUT2D eigenvalue weighted by Gasteiger charge is -2.29. The molecular weight excluding hydrogens is 232 g/mol. The minimum Gasteiger partial charge on any atom is -0.478 e. The average Bonchev–Trinajstić information content (AvgIpc) is 2.65. The highest BCUT2D eigenvalue weighted by molar-refractivity contribution is 5.90. The van der Waals surface area contributed by atoms with Crippen LogP contribution in [0.15, 0.2) is 0 Å². The molecule has 0 spiro atoms. The number of ether oxygens (including phenoxy) is 1. The van der Waals surface area contributed by atoms with E-state index in [2.05, 4.69) is 5.10 Å². The maximum absolute atomic E-state index is 11.2. The largest absolute Gasteiger partial charge is 0.478 e. The van der Waals surface area contributed by atoms with E-state index >= 15 is 0 Å². The van der Waals surface area contributed by atoms with Gasteiger partial charge in [-0.25, -0.2) is 4.79 Å². The third-order valence-electron chi connectivity index (χ3n) is 3.82. The molecule has 0 bridgehead atoms. The molecule has 1 aromatic rings. The summed E-state index contributed by atoms with van der Waals surface area (Å²) in [6.45, 7) is 3.59. The van der Waals surface area contributed by atoms with Crippen LogP contribution in [0.2, 0.25) is 0 Å². The van der Waals surface area contributed by atoms with E-state index in [4.69, 9.17) is 4.74 Å². The first-order chi connectivity index (χ1) is 8.54. The van der Waals surface area contributed by atoms with Crippen molar-refractivity contribution in [2.45, 2.75) is 51.7 Å². The Morgan fingerprint density at radius 3 is 2.72 bits per heavy atom. The maximum atomic E-state index is 11.2. The molecular formula is C13H20N2O3. The lowest BCUT2D eigenvalue weighted by Crippen LogP contribution is -2.25. The lowest BCUT2D eigenvalue weighted by molar-refractivity contribution is 0.0503. The monoisotopic (exact) mass is 252 g/mol. The summed E-state index contributed by atoms with van der Waals surface area (Å²) >= 11 is 0. The standard InChI is InChI=1S/C13H20N2O3/c1-8-12(13(16)17)9(2)15(14-8)10-5-4-6-11(7-10)18-3/h10-11H,4-7H2,1-3H3,(H,16,17). The fourth-order valence-electron chi connectivity index (χ4n) is 2.88. The first-order valence-electron chi connectivity index (χ1n) is 6.36. The molecule has 1 saturated carbocycles. The molecule has 2 rings (SSSR count). The molecule has 2 atom stereocenters. The van der Waals surface area contributed by atoms with E-state index in [1.807, 2.05) is 11.6 Å². The topological polar surface area (TPSA) is 64.4 Å². The van der Waals surface area contributed by atoms with Crippen molar-refractivity contribution in [2.75, 3.05) is 7.11 Å². The predicted molar refractivity (Wildman–Crippen MR) is 67.0 cm³/mol. The minimum atomic E-state index is -0.893. The third-order valence-corrected chi connectivity index (χ3v) is 3.82. The van der Waals surface area contributed by atoms with Gasteiger partial charge in [0.1, 0.15) is 5.56 Å².